The number of fused-ring (bicyclic) bond motifs is 1. The van der Waals surface area contributed by atoms with Crippen LogP contribution in [0.2, 0.25) is 0 Å². The van der Waals surface area contributed by atoms with Crippen LogP contribution in [0.3, 0.4) is 0 Å². The molecule has 186 valence electrons. The Kier molecular flexibility index (Phi) is 6.35. The first-order valence-electron chi connectivity index (χ1n) is 12.2. The van der Waals surface area contributed by atoms with Crippen molar-refractivity contribution in [3.05, 3.63) is 60.2 Å². The SMILES string of the molecule is CCOc1ccccc1N1C[C@H](C(=O)Oc2cccc(N3C(=O)[C@@H]4CC=C(C)C[C@H]4C3=O)c2)CC1=O. The highest BCUT2D eigenvalue weighted by atomic mass is 16.5. The monoisotopic (exact) mass is 488 g/mol. The molecule has 0 radical (unpaired) electrons. The fraction of sp³-hybridized carbons (Fsp3) is 0.357. The number of amides is 3. The van der Waals surface area contributed by atoms with Gasteiger partial charge >= 0.3 is 5.97 Å². The van der Waals surface area contributed by atoms with Crippen LogP contribution in [0.1, 0.15) is 33.1 Å². The summed E-state index contributed by atoms with van der Waals surface area (Å²) in [6.07, 6.45) is 3.19. The number of carbonyl (C=O) groups is 4. The van der Waals surface area contributed by atoms with E-state index in [0.717, 1.165) is 5.57 Å². The molecule has 8 nitrogen and oxygen atoms in total. The zero-order valence-corrected chi connectivity index (χ0v) is 20.3. The number of benzene rings is 2. The summed E-state index contributed by atoms with van der Waals surface area (Å²) in [6, 6.07) is 13.7. The number of hydrogen-bond acceptors (Lipinski definition) is 6. The van der Waals surface area contributed by atoms with E-state index in [1.165, 1.54) is 11.0 Å². The number of nitrogens with zero attached hydrogens (tertiary/aromatic N) is 2. The van der Waals surface area contributed by atoms with Gasteiger partial charge in [0.1, 0.15) is 11.5 Å². The highest BCUT2D eigenvalue weighted by Gasteiger charge is 2.48. The molecule has 36 heavy (non-hydrogen) atoms. The van der Waals surface area contributed by atoms with Crippen LogP contribution in [-0.4, -0.2) is 36.8 Å². The van der Waals surface area contributed by atoms with E-state index < -0.39 is 11.9 Å². The first-order valence-corrected chi connectivity index (χ1v) is 12.2. The summed E-state index contributed by atoms with van der Waals surface area (Å²) in [5.41, 5.74) is 2.13. The van der Waals surface area contributed by atoms with Crippen molar-refractivity contribution in [1.29, 1.82) is 0 Å². The van der Waals surface area contributed by atoms with Gasteiger partial charge in [-0.25, -0.2) is 4.90 Å². The summed E-state index contributed by atoms with van der Waals surface area (Å²) in [7, 11) is 0. The third kappa shape index (κ3) is 4.27. The second kappa shape index (κ2) is 9.60. The first kappa shape index (κ1) is 23.8. The molecule has 2 aromatic rings. The second-order valence-corrected chi connectivity index (χ2v) is 9.44. The van der Waals surface area contributed by atoms with E-state index in [1.54, 1.807) is 35.2 Å². The third-order valence-electron chi connectivity index (χ3n) is 7.03. The number of esters is 1. The average molecular weight is 489 g/mol. The Bertz CT molecular complexity index is 1270. The van der Waals surface area contributed by atoms with Crippen LogP contribution in [0.4, 0.5) is 11.4 Å². The maximum atomic E-state index is 13.0. The highest BCUT2D eigenvalue weighted by Crippen LogP contribution is 2.40. The van der Waals surface area contributed by atoms with Crippen molar-refractivity contribution in [1.82, 2.24) is 0 Å². The van der Waals surface area contributed by atoms with Crippen LogP contribution in [0.5, 0.6) is 11.5 Å². The summed E-state index contributed by atoms with van der Waals surface area (Å²) in [6.45, 7) is 4.48. The molecule has 5 rings (SSSR count). The van der Waals surface area contributed by atoms with Gasteiger partial charge < -0.3 is 14.4 Å². The molecule has 2 fully saturated rings. The number of ether oxygens (including phenoxy) is 2. The van der Waals surface area contributed by atoms with Crippen LogP contribution < -0.4 is 19.3 Å². The van der Waals surface area contributed by atoms with E-state index >= 15 is 0 Å². The Labute approximate surface area is 209 Å². The third-order valence-corrected chi connectivity index (χ3v) is 7.03. The molecule has 2 aliphatic heterocycles. The van der Waals surface area contributed by atoms with Crippen LogP contribution in [-0.2, 0) is 19.2 Å². The lowest BCUT2D eigenvalue weighted by Crippen LogP contribution is -2.31. The lowest BCUT2D eigenvalue weighted by molar-refractivity contribution is -0.139. The lowest BCUT2D eigenvalue weighted by Gasteiger charge is -2.20. The van der Waals surface area contributed by atoms with Crippen LogP contribution >= 0.6 is 0 Å². The Morgan fingerprint density at radius 1 is 1.00 bits per heavy atom. The quantitative estimate of drug-likeness (QED) is 0.265. The summed E-state index contributed by atoms with van der Waals surface area (Å²) in [5, 5.41) is 0. The molecule has 0 unspecified atom stereocenters. The van der Waals surface area contributed by atoms with Gasteiger partial charge in [-0.15, -0.1) is 0 Å². The van der Waals surface area contributed by atoms with E-state index in [-0.39, 0.29) is 48.3 Å². The predicted octanol–water partition coefficient (Wildman–Crippen LogP) is 3.89. The van der Waals surface area contributed by atoms with Gasteiger partial charge in [-0.2, -0.15) is 0 Å². The molecule has 3 atom stereocenters. The van der Waals surface area contributed by atoms with Gasteiger partial charge in [0.05, 0.1) is 35.7 Å². The molecule has 3 aliphatic rings. The fourth-order valence-electron chi connectivity index (χ4n) is 5.23. The van der Waals surface area contributed by atoms with Crippen molar-refractivity contribution in [2.45, 2.75) is 33.1 Å². The number of hydrogen-bond donors (Lipinski definition) is 0. The zero-order valence-electron chi connectivity index (χ0n) is 20.3. The van der Waals surface area contributed by atoms with Crippen LogP contribution in [0.15, 0.2) is 60.2 Å². The lowest BCUT2D eigenvalue weighted by atomic mass is 9.82. The molecular formula is C28H28N2O6. The first-order chi connectivity index (χ1) is 17.4. The number of allylic oxidation sites excluding steroid dienone is 2. The molecule has 2 aromatic carbocycles. The Hall–Kier alpha value is -3.94. The van der Waals surface area contributed by atoms with Gasteiger partial charge in [0.2, 0.25) is 17.7 Å². The fourth-order valence-corrected chi connectivity index (χ4v) is 5.23. The summed E-state index contributed by atoms with van der Waals surface area (Å²) < 4.78 is 11.2. The number of rotatable bonds is 6. The number of para-hydroxylation sites is 2. The minimum absolute atomic E-state index is 0.0256. The number of anilines is 2. The van der Waals surface area contributed by atoms with Gasteiger partial charge in [0, 0.05) is 19.0 Å². The molecule has 0 saturated carbocycles. The van der Waals surface area contributed by atoms with Gasteiger partial charge in [0.15, 0.2) is 0 Å². The van der Waals surface area contributed by atoms with E-state index in [9.17, 15) is 19.2 Å². The van der Waals surface area contributed by atoms with Gasteiger partial charge in [-0.1, -0.05) is 29.8 Å². The molecule has 0 aromatic heterocycles. The van der Waals surface area contributed by atoms with Crippen molar-refractivity contribution < 1.29 is 28.7 Å². The summed E-state index contributed by atoms with van der Waals surface area (Å²) in [4.78, 5) is 54.5. The van der Waals surface area contributed by atoms with Gasteiger partial charge in [0.25, 0.3) is 0 Å². The number of carbonyl (C=O) groups excluding carboxylic acids is 4. The van der Waals surface area contributed by atoms with E-state index in [4.69, 9.17) is 9.47 Å². The topological polar surface area (TPSA) is 93.2 Å². The summed E-state index contributed by atoms with van der Waals surface area (Å²) in [5.74, 6) is -1.69. The average Bonchev–Trinajstić information content (AvgIpc) is 3.37. The molecule has 0 spiro atoms. The molecule has 0 bridgehead atoms. The molecule has 2 saturated heterocycles. The van der Waals surface area contributed by atoms with Crippen molar-refractivity contribution in [2.75, 3.05) is 23.0 Å². The second-order valence-electron chi connectivity index (χ2n) is 9.44. The maximum Gasteiger partial charge on any atom is 0.316 e. The molecule has 0 N–H and O–H groups in total. The molecule has 2 heterocycles. The van der Waals surface area contributed by atoms with Crippen molar-refractivity contribution in [3.8, 4) is 11.5 Å². The van der Waals surface area contributed by atoms with E-state index in [0.29, 0.717) is 36.6 Å². The van der Waals surface area contributed by atoms with E-state index in [1.807, 2.05) is 32.1 Å². The van der Waals surface area contributed by atoms with E-state index in [2.05, 4.69) is 0 Å². The Morgan fingerprint density at radius 3 is 2.58 bits per heavy atom. The largest absolute Gasteiger partial charge is 0.492 e. The standard InChI is InChI=1S/C28H28N2O6/c1-3-35-24-10-5-4-9-23(24)29-16-18(14-25(29)31)28(34)36-20-8-6-7-19(15-20)30-26(32)21-12-11-17(2)13-22(21)27(30)33/h4-11,15,18,21-22H,3,12-14,16H2,1-2H3/t18-,21-,22-/m1/s1. The molecule has 3 amide bonds. The molecule has 8 heteroatoms. The number of imide groups is 1. The summed E-state index contributed by atoms with van der Waals surface area (Å²) >= 11 is 0. The predicted molar refractivity (Wildman–Crippen MR) is 133 cm³/mol. The van der Waals surface area contributed by atoms with Crippen molar-refractivity contribution >= 4 is 35.1 Å². The van der Waals surface area contributed by atoms with Gasteiger partial charge in [-0.3, -0.25) is 19.2 Å². The minimum atomic E-state index is -0.650. The molecular weight excluding hydrogens is 460 g/mol. The van der Waals surface area contributed by atoms with Crippen LogP contribution in [0, 0.1) is 17.8 Å². The molecule has 1 aliphatic carbocycles. The van der Waals surface area contributed by atoms with Crippen LogP contribution in [0.25, 0.3) is 0 Å². The normalized spacial score (nSPS) is 23.6. The van der Waals surface area contributed by atoms with Crippen molar-refractivity contribution in [3.63, 3.8) is 0 Å². The smallest absolute Gasteiger partial charge is 0.316 e. The van der Waals surface area contributed by atoms with Crippen molar-refractivity contribution in [2.24, 2.45) is 17.8 Å². The van der Waals surface area contributed by atoms with Gasteiger partial charge in [-0.05, 0) is 51.0 Å². The Balaban J connectivity index is 1.29. The Morgan fingerprint density at radius 2 is 1.78 bits per heavy atom. The minimum Gasteiger partial charge on any atom is -0.492 e. The maximum absolute atomic E-state index is 13.0. The highest BCUT2D eigenvalue weighted by molar-refractivity contribution is 6.22. The zero-order chi connectivity index (χ0) is 25.4.